The van der Waals surface area contributed by atoms with Crippen LogP contribution in [0.2, 0.25) is 0 Å². The molecule has 0 spiro atoms. The third-order valence-corrected chi connectivity index (χ3v) is 7.41. The Hall–Kier alpha value is -0.890. The van der Waals surface area contributed by atoms with Crippen LogP contribution in [0.25, 0.3) is 0 Å². The highest BCUT2D eigenvalue weighted by Crippen LogP contribution is 2.32. The lowest BCUT2D eigenvalue weighted by Crippen LogP contribution is -2.61. The first-order chi connectivity index (χ1) is 15.9. The lowest BCUT2D eigenvalue weighted by molar-refractivity contribution is -0.278. The van der Waals surface area contributed by atoms with Gasteiger partial charge in [-0.2, -0.15) is 0 Å². The fourth-order valence-corrected chi connectivity index (χ4v) is 5.19. The zero-order valence-corrected chi connectivity index (χ0v) is 19.1. The molecule has 0 aromatic rings. The van der Waals surface area contributed by atoms with E-state index in [4.69, 9.17) is 36.1 Å². The number of carbonyl (C=O) groups is 1. The van der Waals surface area contributed by atoms with E-state index in [1.165, 1.54) is 0 Å². The second-order valence-corrected chi connectivity index (χ2v) is 9.94. The van der Waals surface area contributed by atoms with Crippen LogP contribution < -0.4 is 22.5 Å². The van der Waals surface area contributed by atoms with Crippen molar-refractivity contribution in [2.45, 2.75) is 113 Å². The molecule has 2 aliphatic carbocycles. The van der Waals surface area contributed by atoms with Crippen LogP contribution in [-0.2, 0) is 23.7 Å². The van der Waals surface area contributed by atoms with Gasteiger partial charge in [-0.25, -0.2) is 0 Å². The minimum Gasteiger partial charge on any atom is -0.394 e. The molecule has 0 aromatic carbocycles. The highest BCUT2D eigenvalue weighted by molar-refractivity contribution is 5.79. The smallest absolute Gasteiger partial charge is 0.223 e. The molecule has 2 saturated carbocycles. The third-order valence-electron chi connectivity index (χ3n) is 7.41. The van der Waals surface area contributed by atoms with E-state index < -0.39 is 49.1 Å². The van der Waals surface area contributed by atoms with E-state index >= 15 is 0 Å². The Bertz CT molecular complexity index is 654. The normalized spacial score (nSPS) is 44.4. The number of hydrogen-bond acceptors (Lipinski definition) is 10. The lowest BCUT2D eigenvalue weighted by atomic mass is 9.82. The minimum atomic E-state index is -0.778. The summed E-state index contributed by atoms with van der Waals surface area (Å²) in [5.41, 5.74) is 18.5. The van der Waals surface area contributed by atoms with Crippen molar-refractivity contribution in [3.8, 4) is 0 Å². The van der Waals surface area contributed by atoms with E-state index in [2.05, 4.69) is 5.32 Å². The summed E-state index contributed by atoms with van der Waals surface area (Å²) in [6.07, 6.45) is 1.88. The monoisotopic (exact) mass is 472 g/mol. The Balaban J connectivity index is 1.43. The molecule has 4 aliphatic rings. The van der Waals surface area contributed by atoms with Crippen LogP contribution in [0.15, 0.2) is 0 Å². The number of carbonyl (C=O) groups excluding carboxylic acids is 1. The first-order valence-corrected chi connectivity index (χ1v) is 12.3. The molecule has 2 saturated heterocycles. The van der Waals surface area contributed by atoms with Crippen LogP contribution in [0.3, 0.4) is 0 Å². The van der Waals surface area contributed by atoms with Gasteiger partial charge >= 0.3 is 0 Å². The van der Waals surface area contributed by atoms with Gasteiger partial charge in [0.05, 0.1) is 37.1 Å². The maximum Gasteiger partial charge on any atom is 0.223 e. The zero-order chi connectivity index (χ0) is 23.5. The van der Waals surface area contributed by atoms with Gasteiger partial charge in [0, 0.05) is 31.0 Å². The van der Waals surface area contributed by atoms with Crippen LogP contribution >= 0.6 is 0 Å². The number of rotatable bonds is 8. The van der Waals surface area contributed by atoms with Gasteiger partial charge in [-0.15, -0.1) is 0 Å². The molecule has 9 N–H and O–H groups in total. The number of amides is 1. The summed E-state index contributed by atoms with van der Waals surface area (Å²) >= 11 is 0. The van der Waals surface area contributed by atoms with Gasteiger partial charge in [0.15, 0.2) is 12.6 Å². The molecule has 190 valence electrons. The van der Waals surface area contributed by atoms with Crippen LogP contribution in [0.1, 0.15) is 51.4 Å². The Labute approximate surface area is 194 Å². The highest BCUT2D eigenvalue weighted by Gasteiger charge is 2.45. The topological polar surface area (TPSA) is 185 Å². The van der Waals surface area contributed by atoms with Gasteiger partial charge in [0.25, 0.3) is 0 Å². The molecule has 0 radical (unpaired) electrons. The minimum absolute atomic E-state index is 0.0579. The van der Waals surface area contributed by atoms with Crippen molar-refractivity contribution in [2.24, 2.45) is 23.1 Å². The molecule has 2 heterocycles. The van der Waals surface area contributed by atoms with Crippen molar-refractivity contribution in [1.82, 2.24) is 5.32 Å². The molecule has 11 heteroatoms. The summed E-state index contributed by atoms with van der Waals surface area (Å²) in [4.78, 5) is 12.5. The summed E-state index contributed by atoms with van der Waals surface area (Å²) < 4.78 is 24.2. The molecule has 4 fully saturated rings. The largest absolute Gasteiger partial charge is 0.394 e. The standard InChI is InChI=1S/C22H40N4O7/c23-9-18-16(28)8-15(25)22(32-18)33-20-14(24)6-12(26-21(29)11-2-1-3-11)7-17(20)31-19-5-4-13(10-27)30-19/h11-20,22,27-28H,1-10,23-25H2,(H,26,29)/t12?,13?,14?,15-,16+,17?,18?,19?,20-,22-/m1/s1. The fraction of sp³-hybridized carbons (Fsp3) is 0.955. The van der Waals surface area contributed by atoms with Crippen LogP contribution in [0.5, 0.6) is 0 Å². The Kier molecular flexibility index (Phi) is 8.58. The van der Waals surface area contributed by atoms with Gasteiger partial charge in [-0.3, -0.25) is 4.79 Å². The average Bonchev–Trinajstić information content (AvgIpc) is 3.18. The van der Waals surface area contributed by atoms with Gasteiger partial charge in [-0.05, 0) is 38.5 Å². The van der Waals surface area contributed by atoms with Crippen molar-refractivity contribution in [3.05, 3.63) is 0 Å². The van der Waals surface area contributed by atoms with E-state index in [0.29, 0.717) is 32.1 Å². The Morgan fingerprint density at radius 1 is 1.03 bits per heavy atom. The predicted molar refractivity (Wildman–Crippen MR) is 118 cm³/mol. The molecule has 2 aliphatic heterocycles. The quantitative estimate of drug-likeness (QED) is 0.241. The second-order valence-electron chi connectivity index (χ2n) is 9.94. The van der Waals surface area contributed by atoms with Crippen LogP contribution in [-0.4, -0.2) is 90.5 Å². The highest BCUT2D eigenvalue weighted by atomic mass is 16.7. The van der Waals surface area contributed by atoms with E-state index in [1.807, 2.05) is 0 Å². The number of aliphatic hydroxyl groups excluding tert-OH is 2. The summed E-state index contributed by atoms with van der Waals surface area (Å²) in [6, 6.07) is -1.09. The molecule has 0 aromatic heterocycles. The fourth-order valence-electron chi connectivity index (χ4n) is 5.19. The Morgan fingerprint density at radius 3 is 2.45 bits per heavy atom. The molecule has 1 amide bonds. The maximum atomic E-state index is 12.5. The lowest BCUT2D eigenvalue weighted by Gasteiger charge is -2.45. The maximum absolute atomic E-state index is 12.5. The second kappa shape index (κ2) is 11.2. The summed E-state index contributed by atoms with van der Waals surface area (Å²) in [6.45, 7) is 0.0930. The van der Waals surface area contributed by atoms with Crippen LogP contribution in [0.4, 0.5) is 0 Å². The molecule has 33 heavy (non-hydrogen) atoms. The summed E-state index contributed by atoms with van der Waals surface area (Å²) in [5.74, 6) is 0.165. The third kappa shape index (κ3) is 6.03. The van der Waals surface area contributed by atoms with Gasteiger partial charge in [0.2, 0.25) is 5.91 Å². The van der Waals surface area contributed by atoms with E-state index in [-0.39, 0.29) is 37.1 Å². The first-order valence-electron chi connectivity index (χ1n) is 12.3. The van der Waals surface area contributed by atoms with Gasteiger partial charge in [-0.1, -0.05) is 6.42 Å². The summed E-state index contributed by atoms with van der Waals surface area (Å²) in [5, 5.41) is 22.7. The predicted octanol–water partition coefficient (Wildman–Crippen LogP) is -1.58. The number of aliphatic hydroxyl groups is 2. The van der Waals surface area contributed by atoms with E-state index in [0.717, 1.165) is 19.3 Å². The van der Waals surface area contributed by atoms with Crippen molar-refractivity contribution < 1.29 is 34.0 Å². The molecule has 11 nitrogen and oxygen atoms in total. The zero-order valence-electron chi connectivity index (χ0n) is 19.1. The number of hydrogen-bond donors (Lipinski definition) is 6. The van der Waals surface area contributed by atoms with E-state index in [9.17, 15) is 15.0 Å². The van der Waals surface area contributed by atoms with E-state index in [1.54, 1.807) is 0 Å². The van der Waals surface area contributed by atoms with Crippen molar-refractivity contribution in [3.63, 3.8) is 0 Å². The number of ether oxygens (including phenoxy) is 4. The number of nitrogens with one attached hydrogen (secondary N) is 1. The molecule has 6 unspecified atom stereocenters. The molecular weight excluding hydrogens is 432 g/mol. The molecular formula is C22H40N4O7. The molecule has 0 bridgehead atoms. The van der Waals surface area contributed by atoms with Crippen molar-refractivity contribution in [1.29, 1.82) is 0 Å². The number of nitrogens with two attached hydrogens (primary N) is 3. The SMILES string of the molecule is NCC1O[C@H](O[C@@H]2C(N)CC(NC(=O)C3CCC3)CC2OC2CCC(CO)O2)[C@H](N)C[C@@H]1O. The molecule has 4 rings (SSSR count). The van der Waals surface area contributed by atoms with Crippen molar-refractivity contribution in [2.75, 3.05) is 13.2 Å². The Morgan fingerprint density at radius 2 is 1.82 bits per heavy atom. The van der Waals surface area contributed by atoms with Gasteiger partial charge in [0.1, 0.15) is 6.10 Å². The van der Waals surface area contributed by atoms with Gasteiger partial charge < -0.3 is 51.7 Å². The molecule has 10 atom stereocenters. The first kappa shape index (κ1) is 25.2. The summed E-state index contributed by atoms with van der Waals surface area (Å²) in [7, 11) is 0. The average molecular weight is 473 g/mol. The van der Waals surface area contributed by atoms with Crippen molar-refractivity contribution >= 4 is 5.91 Å². The van der Waals surface area contributed by atoms with Crippen LogP contribution in [0, 0.1) is 5.92 Å².